The molecule has 0 radical (unpaired) electrons. The molecule has 1 N–H and O–H groups in total. The number of anilines is 1. The number of amides is 2. The average Bonchev–Trinajstić information content (AvgIpc) is 3.23. The predicted octanol–water partition coefficient (Wildman–Crippen LogP) is 7.17. The Balaban J connectivity index is 1.57. The summed E-state index contributed by atoms with van der Waals surface area (Å²) in [6.07, 6.45) is 7.81. The molecule has 1 aliphatic carbocycles. The van der Waals surface area contributed by atoms with Gasteiger partial charge in [0.1, 0.15) is 0 Å². The van der Waals surface area contributed by atoms with Crippen LogP contribution < -0.4 is 5.32 Å². The first-order valence-corrected chi connectivity index (χ1v) is 11.9. The fourth-order valence-electron chi connectivity index (χ4n) is 4.68. The van der Waals surface area contributed by atoms with Crippen LogP contribution in [-0.4, -0.2) is 21.5 Å². The van der Waals surface area contributed by atoms with Crippen LogP contribution in [0.5, 0.6) is 0 Å². The number of carbonyl (C=O) groups excluding carboxylic acids is 1. The van der Waals surface area contributed by atoms with Crippen LogP contribution in [0.3, 0.4) is 0 Å². The van der Waals surface area contributed by atoms with Gasteiger partial charge in [0.05, 0.1) is 6.54 Å². The normalized spacial score (nSPS) is 14.3. The molecule has 0 aliphatic heterocycles. The Morgan fingerprint density at radius 1 is 1.00 bits per heavy atom. The number of urea groups is 1. The van der Waals surface area contributed by atoms with Crippen molar-refractivity contribution in [1.29, 1.82) is 0 Å². The van der Waals surface area contributed by atoms with Crippen molar-refractivity contribution in [3.8, 4) is 0 Å². The van der Waals surface area contributed by atoms with Crippen LogP contribution in [0, 0.1) is 13.8 Å². The summed E-state index contributed by atoms with van der Waals surface area (Å²) in [5, 5.41) is 3.99. The van der Waals surface area contributed by atoms with Crippen molar-refractivity contribution < 1.29 is 4.79 Å². The molecule has 0 saturated heterocycles. The maximum absolute atomic E-state index is 13.6. The lowest BCUT2D eigenvalue weighted by atomic mass is 9.94. The van der Waals surface area contributed by atoms with Crippen molar-refractivity contribution in [1.82, 2.24) is 9.47 Å². The van der Waals surface area contributed by atoms with E-state index in [9.17, 15) is 4.79 Å². The number of benzene rings is 2. The van der Waals surface area contributed by atoms with E-state index < -0.39 is 0 Å². The third kappa shape index (κ3) is 5.18. The standard InChI is InChI=1S/C27H32ClN3O/c1-20-10-8-11-21(2)26(20)29-27(32)31(23-13-4-3-5-14-23)19-24-15-9-17-30(24)18-22-12-6-7-16-25(22)28/h6-12,15-17,23H,3-5,13-14,18-19H2,1-2H3,(H,29,32). The summed E-state index contributed by atoms with van der Waals surface area (Å²) < 4.78 is 2.20. The molecular formula is C27H32ClN3O. The molecule has 1 fully saturated rings. The summed E-state index contributed by atoms with van der Waals surface area (Å²) in [6.45, 7) is 5.36. The van der Waals surface area contributed by atoms with Gasteiger partial charge in [0.15, 0.2) is 0 Å². The van der Waals surface area contributed by atoms with Gasteiger partial charge < -0.3 is 14.8 Å². The van der Waals surface area contributed by atoms with Gasteiger partial charge in [0.2, 0.25) is 0 Å². The minimum atomic E-state index is -0.0141. The smallest absolute Gasteiger partial charge is 0.322 e. The maximum Gasteiger partial charge on any atom is 0.322 e. The first kappa shape index (κ1) is 22.5. The van der Waals surface area contributed by atoms with E-state index in [4.69, 9.17) is 11.6 Å². The Kier molecular flexibility index (Phi) is 7.21. The van der Waals surface area contributed by atoms with Crippen LogP contribution in [0.4, 0.5) is 10.5 Å². The number of halogens is 1. The Labute approximate surface area is 196 Å². The number of nitrogens with one attached hydrogen (secondary N) is 1. The molecule has 0 unspecified atom stereocenters. The number of hydrogen-bond donors (Lipinski definition) is 1. The monoisotopic (exact) mass is 449 g/mol. The Morgan fingerprint density at radius 2 is 1.72 bits per heavy atom. The van der Waals surface area contributed by atoms with E-state index in [1.54, 1.807) is 0 Å². The maximum atomic E-state index is 13.6. The quantitative estimate of drug-likeness (QED) is 0.425. The van der Waals surface area contributed by atoms with Gasteiger partial charge in [-0.3, -0.25) is 0 Å². The molecule has 0 atom stereocenters. The minimum Gasteiger partial charge on any atom is -0.345 e. The first-order valence-electron chi connectivity index (χ1n) is 11.5. The van der Waals surface area contributed by atoms with Gasteiger partial charge in [0.25, 0.3) is 0 Å². The molecule has 0 bridgehead atoms. The van der Waals surface area contributed by atoms with Crippen molar-refractivity contribution in [3.05, 3.63) is 88.2 Å². The number of aryl methyl sites for hydroxylation is 2. The highest BCUT2D eigenvalue weighted by Crippen LogP contribution is 2.27. The lowest BCUT2D eigenvalue weighted by Crippen LogP contribution is -2.44. The summed E-state index contributed by atoms with van der Waals surface area (Å²) >= 11 is 6.40. The van der Waals surface area contributed by atoms with E-state index in [1.807, 2.05) is 55.1 Å². The highest BCUT2D eigenvalue weighted by Gasteiger charge is 2.27. The minimum absolute atomic E-state index is 0.0141. The molecule has 5 heteroatoms. The summed E-state index contributed by atoms with van der Waals surface area (Å²) in [7, 11) is 0. The third-order valence-electron chi connectivity index (χ3n) is 6.54. The van der Waals surface area contributed by atoms with E-state index in [1.165, 1.54) is 19.3 Å². The van der Waals surface area contributed by atoms with Crippen LogP contribution in [0.1, 0.15) is 54.5 Å². The van der Waals surface area contributed by atoms with Gasteiger partial charge in [-0.2, -0.15) is 0 Å². The second-order valence-corrected chi connectivity index (χ2v) is 9.24. The molecule has 4 nitrogen and oxygen atoms in total. The van der Waals surface area contributed by atoms with Crippen molar-refractivity contribution in [3.63, 3.8) is 0 Å². The zero-order valence-corrected chi connectivity index (χ0v) is 19.7. The van der Waals surface area contributed by atoms with E-state index >= 15 is 0 Å². The van der Waals surface area contributed by atoms with Gasteiger partial charge >= 0.3 is 6.03 Å². The molecule has 32 heavy (non-hydrogen) atoms. The average molecular weight is 450 g/mol. The molecule has 1 heterocycles. The molecule has 168 valence electrons. The number of aromatic nitrogens is 1. The Hall–Kier alpha value is -2.72. The van der Waals surface area contributed by atoms with Gasteiger partial charge in [-0.05, 0) is 61.6 Å². The molecule has 3 aromatic rings. The van der Waals surface area contributed by atoms with Crippen LogP contribution in [0.2, 0.25) is 5.02 Å². The van der Waals surface area contributed by atoms with Gasteiger partial charge in [0, 0.05) is 35.2 Å². The van der Waals surface area contributed by atoms with E-state index in [0.717, 1.165) is 45.9 Å². The van der Waals surface area contributed by atoms with E-state index in [-0.39, 0.29) is 12.1 Å². The molecule has 1 aromatic heterocycles. The molecule has 1 saturated carbocycles. The highest BCUT2D eigenvalue weighted by molar-refractivity contribution is 6.31. The third-order valence-corrected chi connectivity index (χ3v) is 6.91. The largest absolute Gasteiger partial charge is 0.345 e. The Bertz CT molecular complexity index is 1050. The zero-order chi connectivity index (χ0) is 22.5. The highest BCUT2D eigenvalue weighted by atomic mass is 35.5. The van der Waals surface area contributed by atoms with Crippen molar-refractivity contribution in [2.45, 2.75) is 65.1 Å². The lowest BCUT2D eigenvalue weighted by Gasteiger charge is -2.35. The topological polar surface area (TPSA) is 37.3 Å². The molecule has 2 aromatic carbocycles. The van der Waals surface area contributed by atoms with Crippen LogP contribution >= 0.6 is 11.6 Å². The summed E-state index contributed by atoms with van der Waals surface area (Å²) in [6, 6.07) is 18.5. The van der Waals surface area contributed by atoms with Gasteiger partial charge in [-0.25, -0.2) is 4.79 Å². The molecule has 0 spiro atoms. The number of para-hydroxylation sites is 1. The predicted molar refractivity (Wildman–Crippen MR) is 132 cm³/mol. The second kappa shape index (κ2) is 10.3. The second-order valence-electron chi connectivity index (χ2n) is 8.84. The molecule has 4 rings (SSSR count). The molecular weight excluding hydrogens is 418 g/mol. The van der Waals surface area contributed by atoms with Crippen LogP contribution in [0.15, 0.2) is 60.8 Å². The fourth-order valence-corrected chi connectivity index (χ4v) is 4.88. The van der Waals surface area contributed by atoms with Crippen molar-refractivity contribution in [2.24, 2.45) is 0 Å². The van der Waals surface area contributed by atoms with E-state index in [0.29, 0.717) is 13.1 Å². The summed E-state index contributed by atoms with van der Waals surface area (Å²) in [4.78, 5) is 15.6. The zero-order valence-electron chi connectivity index (χ0n) is 19.0. The number of nitrogens with zero attached hydrogens (tertiary/aromatic N) is 2. The number of hydrogen-bond acceptors (Lipinski definition) is 1. The summed E-state index contributed by atoms with van der Waals surface area (Å²) in [5.74, 6) is 0. The van der Waals surface area contributed by atoms with E-state index in [2.05, 4.69) is 34.3 Å². The number of carbonyl (C=O) groups is 1. The van der Waals surface area contributed by atoms with Crippen LogP contribution in [-0.2, 0) is 13.1 Å². The fraction of sp³-hybridized carbons (Fsp3) is 0.370. The first-order chi connectivity index (χ1) is 15.5. The van der Waals surface area contributed by atoms with Gasteiger partial charge in [-0.1, -0.05) is 67.3 Å². The molecule has 1 aliphatic rings. The molecule has 2 amide bonds. The number of rotatable bonds is 6. The van der Waals surface area contributed by atoms with Crippen molar-refractivity contribution in [2.75, 3.05) is 5.32 Å². The Morgan fingerprint density at radius 3 is 2.44 bits per heavy atom. The van der Waals surface area contributed by atoms with Crippen molar-refractivity contribution >= 4 is 23.3 Å². The van der Waals surface area contributed by atoms with Gasteiger partial charge in [-0.15, -0.1) is 0 Å². The lowest BCUT2D eigenvalue weighted by molar-refractivity contribution is 0.161. The summed E-state index contributed by atoms with van der Waals surface area (Å²) in [5.41, 5.74) is 5.29. The SMILES string of the molecule is Cc1cccc(C)c1NC(=O)N(Cc1cccn1Cc1ccccc1Cl)C1CCCCC1. The van der Waals surface area contributed by atoms with Crippen LogP contribution in [0.25, 0.3) is 0 Å².